The number of hydrogen-bond donors (Lipinski definition) is 0. The van der Waals surface area contributed by atoms with Gasteiger partial charge in [0.05, 0.1) is 6.10 Å². The molecule has 1 saturated heterocycles. The van der Waals surface area contributed by atoms with Gasteiger partial charge in [0.2, 0.25) is 0 Å². The van der Waals surface area contributed by atoms with Gasteiger partial charge in [0, 0.05) is 5.41 Å². The van der Waals surface area contributed by atoms with E-state index in [-0.39, 0.29) is 0 Å². The smallest absolute Gasteiger partial charge is 0.100 e. The van der Waals surface area contributed by atoms with Crippen molar-refractivity contribution in [1.29, 1.82) is 0 Å². The summed E-state index contributed by atoms with van der Waals surface area (Å²) >= 11 is 0. The highest BCUT2D eigenvalue weighted by molar-refractivity contribution is 5.23. The van der Waals surface area contributed by atoms with Gasteiger partial charge in [-0.25, -0.2) is 0 Å². The molecule has 4 aliphatic carbocycles. The fourth-order valence-corrected chi connectivity index (χ4v) is 9.74. The fraction of sp³-hybridized carbons (Fsp3) is 1.00. The lowest BCUT2D eigenvalue weighted by molar-refractivity contribution is -0.100. The minimum atomic E-state index is 0.322. The van der Waals surface area contributed by atoms with Crippen molar-refractivity contribution >= 4 is 0 Å². The molecule has 0 aromatic rings. The molecule has 0 bridgehead atoms. The maximum Gasteiger partial charge on any atom is 0.100 e. The Morgan fingerprint density at radius 2 is 1.68 bits per heavy atom. The van der Waals surface area contributed by atoms with Crippen molar-refractivity contribution in [2.24, 2.45) is 46.3 Å². The average Bonchev–Trinajstić information content (AvgIpc) is 3.23. The molecule has 160 valence electrons. The van der Waals surface area contributed by atoms with Gasteiger partial charge >= 0.3 is 0 Å². The van der Waals surface area contributed by atoms with Crippen LogP contribution >= 0.6 is 0 Å². The van der Waals surface area contributed by atoms with E-state index in [1.165, 1.54) is 77.0 Å². The molecule has 1 spiro atoms. The lowest BCUT2D eigenvalue weighted by Gasteiger charge is -2.59. The van der Waals surface area contributed by atoms with Crippen molar-refractivity contribution in [3.63, 3.8) is 0 Å². The molecule has 4 saturated carbocycles. The minimum Gasteiger partial charge on any atom is -0.365 e. The van der Waals surface area contributed by atoms with Gasteiger partial charge in [-0.1, -0.05) is 66.7 Å². The van der Waals surface area contributed by atoms with Gasteiger partial charge in [-0.15, -0.1) is 0 Å². The molecular formula is C27H46O. The van der Waals surface area contributed by atoms with Crippen molar-refractivity contribution in [2.75, 3.05) is 0 Å². The van der Waals surface area contributed by atoms with Crippen LogP contribution in [0.5, 0.6) is 0 Å². The molecule has 5 fully saturated rings. The predicted octanol–water partition coefficient (Wildman–Crippen LogP) is 7.63. The van der Waals surface area contributed by atoms with Gasteiger partial charge in [-0.05, 0) is 85.9 Å². The number of hydrogen-bond acceptors (Lipinski definition) is 1. The lowest BCUT2D eigenvalue weighted by Crippen LogP contribution is -2.57. The molecular weight excluding hydrogens is 340 g/mol. The van der Waals surface area contributed by atoms with Crippen LogP contribution in [0.25, 0.3) is 0 Å². The van der Waals surface area contributed by atoms with E-state index in [1.54, 1.807) is 0 Å². The summed E-state index contributed by atoms with van der Waals surface area (Å²) in [6, 6.07) is 0. The third-order valence-corrected chi connectivity index (χ3v) is 11.2. The maximum absolute atomic E-state index is 6.60. The summed E-state index contributed by atoms with van der Waals surface area (Å²) in [5.41, 5.74) is 1.45. The monoisotopic (exact) mass is 386 g/mol. The largest absolute Gasteiger partial charge is 0.365 e. The van der Waals surface area contributed by atoms with Crippen molar-refractivity contribution in [1.82, 2.24) is 0 Å². The highest BCUT2D eigenvalue weighted by Gasteiger charge is 2.75. The third kappa shape index (κ3) is 2.66. The van der Waals surface area contributed by atoms with Gasteiger partial charge < -0.3 is 4.74 Å². The van der Waals surface area contributed by atoms with Gasteiger partial charge in [-0.3, -0.25) is 0 Å². The summed E-state index contributed by atoms with van der Waals surface area (Å²) < 4.78 is 6.60. The van der Waals surface area contributed by atoms with E-state index >= 15 is 0 Å². The molecule has 5 rings (SSSR count). The molecule has 0 amide bonds. The molecule has 1 aliphatic heterocycles. The Morgan fingerprint density at radius 3 is 2.46 bits per heavy atom. The summed E-state index contributed by atoms with van der Waals surface area (Å²) in [5, 5.41) is 0. The Labute approximate surface area is 174 Å². The molecule has 9 atom stereocenters. The molecule has 0 radical (unpaired) electrons. The van der Waals surface area contributed by atoms with Crippen LogP contribution in [0, 0.1) is 46.3 Å². The number of epoxide rings is 1. The first-order valence-corrected chi connectivity index (χ1v) is 13.0. The summed E-state index contributed by atoms with van der Waals surface area (Å²) in [5.74, 6) is 5.69. The highest BCUT2D eigenvalue weighted by atomic mass is 16.6. The highest BCUT2D eigenvalue weighted by Crippen LogP contribution is 2.74. The van der Waals surface area contributed by atoms with Crippen LogP contribution < -0.4 is 0 Å². The van der Waals surface area contributed by atoms with E-state index in [0.717, 1.165) is 35.5 Å². The number of ether oxygens (including phenoxy) is 1. The standard InChI is InChI=1S/C27H46O/c1-18(2)9-8-10-19(3)21-11-12-22-20-17-24-27(28-24)15-7-6-14-26(27,5)23(20)13-16-25(21,22)4/h18-24H,6-17H2,1-5H3/t19?,20?,21?,22?,23?,24-,25?,26?,27-/m0/s1. The van der Waals surface area contributed by atoms with Crippen molar-refractivity contribution in [3.8, 4) is 0 Å². The second kappa shape index (κ2) is 6.73. The molecule has 5 aliphatic rings. The van der Waals surface area contributed by atoms with E-state index in [0.29, 0.717) is 22.5 Å². The summed E-state index contributed by atoms with van der Waals surface area (Å²) in [6.07, 6.45) is 18.1. The zero-order valence-corrected chi connectivity index (χ0v) is 19.4. The van der Waals surface area contributed by atoms with Gasteiger partial charge in [0.25, 0.3) is 0 Å². The molecule has 28 heavy (non-hydrogen) atoms. The van der Waals surface area contributed by atoms with Gasteiger partial charge in [0.1, 0.15) is 5.60 Å². The van der Waals surface area contributed by atoms with Crippen LogP contribution in [-0.4, -0.2) is 11.7 Å². The summed E-state index contributed by atoms with van der Waals surface area (Å²) in [4.78, 5) is 0. The van der Waals surface area contributed by atoms with Crippen LogP contribution in [-0.2, 0) is 4.74 Å². The summed E-state index contributed by atoms with van der Waals surface area (Å²) in [7, 11) is 0. The zero-order chi connectivity index (χ0) is 19.7. The average molecular weight is 387 g/mol. The van der Waals surface area contributed by atoms with E-state index in [1.807, 2.05) is 0 Å². The Hall–Kier alpha value is -0.0400. The Morgan fingerprint density at radius 1 is 0.893 bits per heavy atom. The minimum absolute atomic E-state index is 0.322. The number of fused-ring (bicyclic) bond motifs is 4. The van der Waals surface area contributed by atoms with Crippen LogP contribution in [0.15, 0.2) is 0 Å². The molecule has 7 unspecified atom stereocenters. The topological polar surface area (TPSA) is 12.5 Å². The fourth-order valence-electron chi connectivity index (χ4n) is 9.74. The molecule has 0 aromatic heterocycles. The first-order chi connectivity index (χ1) is 13.3. The van der Waals surface area contributed by atoms with Crippen molar-refractivity contribution < 1.29 is 4.74 Å². The molecule has 0 N–H and O–H groups in total. The third-order valence-electron chi connectivity index (χ3n) is 11.2. The molecule has 0 aromatic carbocycles. The number of rotatable bonds is 5. The zero-order valence-electron chi connectivity index (χ0n) is 19.4. The van der Waals surface area contributed by atoms with E-state index in [2.05, 4.69) is 34.6 Å². The summed E-state index contributed by atoms with van der Waals surface area (Å²) in [6.45, 7) is 12.8. The predicted molar refractivity (Wildman–Crippen MR) is 117 cm³/mol. The first kappa shape index (κ1) is 19.9. The normalized spacial score (nSPS) is 53.1. The van der Waals surface area contributed by atoms with Crippen molar-refractivity contribution in [2.45, 2.75) is 123 Å². The molecule has 1 heteroatoms. The van der Waals surface area contributed by atoms with Gasteiger partial charge in [-0.2, -0.15) is 0 Å². The van der Waals surface area contributed by atoms with Crippen LogP contribution in [0.2, 0.25) is 0 Å². The maximum atomic E-state index is 6.60. The van der Waals surface area contributed by atoms with Crippen LogP contribution in [0.1, 0.15) is 112 Å². The molecule has 1 heterocycles. The van der Waals surface area contributed by atoms with Gasteiger partial charge in [0.15, 0.2) is 0 Å². The Balaban J connectivity index is 1.33. The Kier molecular flexibility index (Phi) is 4.78. The van der Waals surface area contributed by atoms with Crippen LogP contribution in [0.4, 0.5) is 0 Å². The first-order valence-electron chi connectivity index (χ1n) is 13.0. The molecule has 1 nitrogen and oxygen atoms in total. The quantitative estimate of drug-likeness (QED) is 0.442. The van der Waals surface area contributed by atoms with Crippen LogP contribution in [0.3, 0.4) is 0 Å². The van der Waals surface area contributed by atoms with Crippen molar-refractivity contribution in [3.05, 3.63) is 0 Å². The Bertz CT molecular complexity index is 597. The second-order valence-electron chi connectivity index (χ2n) is 12.8. The van der Waals surface area contributed by atoms with E-state index < -0.39 is 0 Å². The lowest BCUT2D eigenvalue weighted by atomic mass is 9.44. The van der Waals surface area contributed by atoms with E-state index in [9.17, 15) is 0 Å². The van der Waals surface area contributed by atoms with E-state index in [4.69, 9.17) is 4.74 Å². The SMILES string of the molecule is CC(C)CCCC(C)C1CCC2C3C[C@@H]4O[C@@]45CCCCC5(C)C3CCC12C. The second-order valence-corrected chi connectivity index (χ2v) is 12.8.